The molecule has 1 fully saturated rings. The van der Waals surface area contributed by atoms with Crippen LogP contribution in [0.5, 0.6) is 17.2 Å². The monoisotopic (exact) mass is 491 g/mol. The third-order valence-corrected chi connectivity index (χ3v) is 6.71. The lowest BCUT2D eigenvalue weighted by molar-refractivity contribution is -0.139. The minimum Gasteiger partial charge on any atom is -0.495 e. The molecule has 0 bridgehead atoms. The van der Waals surface area contributed by atoms with E-state index in [9.17, 15) is 4.79 Å². The fourth-order valence-corrected chi connectivity index (χ4v) is 4.60. The average Bonchev–Trinajstić information content (AvgIpc) is 3.40. The molecule has 10 heteroatoms. The molecule has 1 aliphatic rings. The van der Waals surface area contributed by atoms with Gasteiger partial charge in [-0.15, -0.1) is 11.3 Å². The average molecular weight is 492 g/mol. The van der Waals surface area contributed by atoms with E-state index in [1.807, 2.05) is 43.5 Å². The van der Waals surface area contributed by atoms with Crippen molar-refractivity contribution < 1.29 is 19.0 Å². The lowest BCUT2D eigenvalue weighted by Gasteiger charge is -2.39. The van der Waals surface area contributed by atoms with E-state index in [0.717, 1.165) is 21.5 Å². The van der Waals surface area contributed by atoms with E-state index in [0.29, 0.717) is 48.1 Å². The lowest BCUT2D eigenvalue weighted by Crippen LogP contribution is -2.56. The quantitative estimate of drug-likeness (QED) is 0.384. The smallest absolute Gasteiger partial charge is 0.222 e. The van der Waals surface area contributed by atoms with Crippen LogP contribution in [0, 0.1) is 0 Å². The Kier molecular flexibility index (Phi) is 6.37. The first-order valence-electron chi connectivity index (χ1n) is 11.2. The Balaban J connectivity index is 1.47. The lowest BCUT2D eigenvalue weighted by atomic mass is 10.1. The highest BCUT2D eigenvalue weighted by Gasteiger charge is 2.32. The number of amides is 1. The fourth-order valence-electron chi connectivity index (χ4n) is 3.98. The van der Waals surface area contributed by atoms with Crippen LogP contribution in [0.2, 0.25) is 0 Å². The molecule has 0 spiro atoms. The van der Waals surface area contributed by atoms with Crippen molar-refractivity contribution in [2.75, 3.05) is 32.6 Å². The number of anilines is 2. The van der Waals surface area contributed by atoms with Crippen molar-refractivity contribution in [3.05, 3.63) is 48.4 Å². The van der Waals surface area contributed by atoms with Gasteiger partial charge in [0.05, 0.1) is 48.9 Å². The van der Waals surface area contributed by atoms with Gasteiger partial charge in [-0.2, -0.15) is 0 Å². The first kappa shape index (κ1) is 22.9. The number of nitrogens with zero attached hydrogens (tertiary/aromatic N) is 4. The predicted octanol–water partition coefficient (Wildman–Crippen LogP) is 4.51. The first-order valence-corrected chi connectivity index (χ1v) is 12.1. The van der Waals surface area contributed by atoms with Gasteiger partial charge in [0.2, 0.25) is 5.91 Å². The van der Waals surface area contributed by atoms with Crippen LogP contribution in [0.25, 0.3) is 21.3 Å². The van der Waals surface area contributed by atoms with Crippen LogP contribution in [0.15, 0.2) is 48.4 Å². The molecule has 0 saturated carbocycles. The molecule has 0 unspecified atom stereocenters. The van der Waals surface area contributed by atoms with Gasteiger partial charge in [0, 0.05) is 24.1 Å². The fraction of sp³-hybridized carbons (Fsp3) is 0.280. The summed E-state index contributed by atoms with van der Waals surface area (Å²) in [6.07, 6.45) is 3.74. The summed E-state index contributed by atoms with van der Waals surface area (Å²) in [4.78, 5) is 27.8. The maximum Gasteiger partial charge on any atom is 0.222 e. The Morgan fingerprint density at radius 2 is 1.94 bits per heavy atom. The minimum absolute atomic E-state index is 0.0888. The Labute approximate surface area is 206 Å². The van der Waals surface area contributed by atoms with Gasteiger partial charge in [-0.1, -0.05) is 6.92 Å². The molecule has 3 heterocycles. The second-order valence-electron chi connectivity index (χ2n) is 8.04. The molecule has 180 valence electrons. The number of aromatic nitrogens is 3. The molecular formula is C25H25N5O4S. The molecule has 4 aromatic rings. The van der Waals surface area contributed by atoms with Crippen molar-refractivity contribution >= 4 is 39.7 Å². The standard InChI is InChI=1S/C25H25N5O4S/c1-4-24(31)30-11-16(12-30)34-22-8-17-18(9-21(22)33-3)27-13-28-25(17)29-19-7-15(5-6-20(19)32-2)23-10-26-14-35-23/h5-10,13-14,16H,4,11-12H2,1-3H3,(H,27,28,29). The van der Waals surface area contributed by atoms with E-state index < -0.39 is 0 Å². The van der Waals surface area contributed by atoms with E-state index in [4.69, 9.17) is 14.2 Å². The van der Waals surface area contributed by atoms with E-state index in [2.05, 4.69) is 20.3 Å². The minimum atomic E-state index is -0.0888. The topological polar surface area (TPSA) is 98.7 Å². The highest BCUT2D eigenvalue weighted by Crippen LogP contribution is 2.38. The zero-order valence-electron chi connectivity index (χ0n) is 19.6. The summed E-state index contributed by atoms with van der Waals surface area (Å²) in [6, 6.07) is 9.63. The summed E-state index contributed by atoms with van der Waals surface area (Å²) < 4.78 is 17.3. The van der Waals surface area contributed by atoms with Crippen LogP contribution < -0.4 is 19.5 Å². The molecule has 9 nitrogen and oxygen atoms in total. The highest BCUT2D eigenvalue weighted by atomic mass is 32.1. The number of methoxy groups -OCH3 is 2. The summed E-state index contributed by atoms with van der Waals surface area (Å²) in [6.45, 7) is 2.98. The number of hydrogen-bond donors (Lipinski definition) is 1. The van der Waals surface area contributed by atoms with Crippen LogP contribution >= 0.6 is 11.3 Å². The van der Waals surface area contributed by atoms with Gasteiger partial charge < -0.3 is 24.4 Å². The van der Waals surface area contributed by atoms with Gasteiger partial charge in [-0.3, -0.25) is 9.78 Å². The van der Waals surface area contributed by atoms with Gasteiger partial charge in [-0.25, -0.2) is 9.97 Å². The first-order chi connectivity index (χ1) is 17.1. The van der Waals surface area contributed by atoms with Crippen molar-refractivity contribution in [3.63, 3.8) is 0 Å². The van der Waals surface area contributed by atoms with E-state index in [1.165, 1.54) is 6.33 Å². The summed E-state index contributed by atoms with van der Waals surface area (Å²) in [7, 11) is 3.23. The van der Waals surface area contributed by atoms with Crippen molar-refractivity contribution in [1.29, 1.82) is 0 Å². The van der Waals surface area contributed by atoms with Gasteiger partial charge in [0.25, 0.3) is 0 Å². The van der Waals surface area contributed by atoms with Crippen LogP contribution in [0.4, 0.5) is 11.5 Å². The number of hydrogen-bond acceptors (Lipinski definition) is 9. The summed E-state index contributed by atoms with van der Waals surface area (Å²) in [5, 5.41) is 4.18. The molecular weight excluding hydrogens is 466 g/mol. The molecule has 1 aliphatic heterocycles. The molecule has 0 aliphatic carbocycles. The van der Waals surface area contributed by atoms with Crippen molar-refractivity contribution in [3.8, 4) is 27.7 Å². The van der Waals surface area contributed by atoms with Crippen LogP contribution in [-0.2, 0) is 4.79 Å². The Hall–Kier alpha value is -3.92. The second-order valence-corrected chi connectivity index (χ2v) is 8.93. The number of fused-ring (bicyclic) bond motifs is 1. The van der Waals surface area contributed by atoms with E-state index in [1.54, 1.807) is 36.0 Å². The maximum atomic E-state index is 11.9. The van der Waals surface area contributed by atoms with Crippen molar-refractivity contribution in [2.45, 2.75) is 19.4 Å². The van der Waals surface area contributed by atoms with Crippen molar-refractivity contribution in [1.82, 2.24) is 19.9 Å². The van der Waals surface area contributed by atoms with Crippen molar-refractivity contribution in [2.24, 2.45) is 0 Å². The molecule has 0 radical (unpaired) electrons. The SMILES string of the molecule is CCC(=O)N1CC(Oc2cc3c(Nc4cc(-c5cncs5)ccc4OC)ncnc3cc2OC)C1. The summed E-state index contributed by atoms with van der Waals surface area (Å²) in [5.41, 5.74) is 4.31. The number of benzene rings is 2. The Morgan fingerprint density at radius 1 is 1.11 bits per heavy atom. The van der Waals surface area contributed by atoms with Gasteiger partial charge in [-0.05, 0) is 29.8 Å². The van der Waals surface area contributed by atoms with Gasteiger partial charge >= 0.3 is 0 Å². The highest BCUT2D eigenvalue weighted by molar-refractivity contribution is 7.13. The molecule has 5 rings (SSSR count). The molecule has 2 aromatic carbocycles. The normalized spacial score (nSPS) is 13.4. The molecule has 0 atom stereocenters. The number of carbonyl (C=O) groups excluding carboxylic acids is 1. The Morgan fingerprint density at radius 3 is 2.66 bits per heavy atom. The van der Waals surface area contributed by atoms with Crippen LogP contribution in [0.3, 0.4) is 0 Å². The maximum absolute atomic E-state index is 11.9. The van der Waals surface area contributed by atoms with E-state index in [-0.39, 0.29) is 12.0 Å². The molecule has 1 N–H and O–H groups in total. The zero-order chi connectivity index (χ0) is 24.4. The largest absolute Gasteiger partial charge is 0.495 e. The number of thiazole rings is 1. The predicted molar refractivity (Wildman–Crippen MR) is 135 cm³/mol. The number of rotatable bonds is 8. The molecule has 1 saturated heterocycles. The zero-order valence-corrected chi connectivity index (χ0v) is 20.5. The third kappa shape index (κ3) is 4.57. The van der Waals surface area contributed by atoms with E-state index >= 15 is 0 Å². The van der Waals surface area contributed by atoms with Crippen LogP contribution in [0.1, 0.15) is 13.3 Å². The number of ether oxygens (including phenoxy) is 3. The molecule has 35 heavy (non-hydrogen) atoms. The third-order valence-electron chi connectivity index (χ3n) is 5.89. The number of carbonyl (C=O) groups is 1. The second kappa shape index (κ2) is 9.75. The summed E-state index contributed by atoms with van der Waals surface area (Å²) >= 11 is 1.57. The van der Waals surface area contributed by atoms with Gasteiger partial charge in [0.15, 0.2) is 11.5 Å². The molecule has 2 aromatic heterocycles. The number of likely N-dealkylation sites (tertiary alicyclic amines) is 1. The summed E-state index contributed by atoms with van der Waals surface area (Å²) in [5.74, 6) is 2.58. The van der Waals surface area contributed by atoms with Gasteiger partial charge in [0.1, 0.15) is 24.0 Å². The van der Waals surface area contributed by atoms with Crippen LogP contribution in [-0.4, -0.2) is 59.2 Å². The number of nitrogens with one attached hydrogen (secondary N) is 1. The molecule has 1 amide bonds. The Bertz CT molecular complexity index is 1360.